The zero-order valence-corrected chi connectivity index (χ0v) is 34.0. The Kier molecular flexibility index (Phi) is 18.1. The van der Waals surface area contributed by atoms with E-state index in [9.17, 15) is 95.8 Å². The highest BCUT2D eigenvalue weighted by atomic mass is 16.8. The molecule has 0 bridgehead atoms. The Bertz CT molecular complexity index is 1560. The summed E-state index contributed by atoms with van der Waals surface area (Å²) >= 11 is 0. The number of aliphatic hydroxyl groups is 13. The van der Waals surface area contributed by atoms with Gasteiger partial charge >= 0.3 is 11.9 Å². The van der Waals surface area contributed by atoms with Gasteiger partial charge < -0.3 is 120 Å². The monoisotopic (exact) mass is 922 g/mol. The van der Waals surface area contributed by atoms with Crippen LogP contribution in [0.2, 0.25) is 0 Å². The molecular weight excluding hydrogens is 864 g/mol. The molecule has 4 heterocycles. The van der Waals surface area contributed by atoms with Crippen molar-refractivity contribution in [3.63, 3.8) is 0 Å². The van der Waals surface area contributed by atoms with Gasteiger partial charge in [-0.25, -0.2) is 9.59 Å². The van der Waals surface area contributed by atoms with Gasteiger partial charge in [-0.2, -0.15) is 0 Å². The van der Waals surface area contributed by atoms with Crippen LogP contribution in [0.5, 0.6) is 0 Å². The second-order valence-electron chi connectivity index (χ2n) is 15.8. The van der Waals surface area contributed by atoms with Crippen LogP contribution < -0.4 is 10.6 Å². The quantitative estimate of drug-likeness (QED) is 0.0607. The van der Waals surface area contributed by atoms with E-state index in [0.717, 1.165) is 13.8 Å². The minimum Gasteiger partial charge on any atom is -0.477 e. The van der Waals surface area contributed by atoms with Crippen molar-refractivity contribution in [1.82, 2.24) is 10.6 Å². The molecule has 0 radical (unpaired) electrons. The van der Waals surface area contributed by atoms with E-state index < -0.39 is 197 Å². The summed E-state index contributed by atoms with van der Waals surface area (Å²) in [5.41, 5.74) is 0. The molecule has 364 valence electrons. The molecule has 14 unspecified atom stereocenters. The van der Waals surface area contributed by atoms with Crippen molar-refractivity contribution in [2.75, 3.05) is 26.4 Å². The number of carbonyl (C=O) groups is 4. The first-order valence-corrected chi connectivity index (χ1v) is 19.7. The maximum absolute atomic E-state index is 13.2. The van der Waals surface area contributed by atoms with E-state index in [1.165, 1.54) is 6.92 Å². The SMILES string of the molecule is CC(=O)NC1C([C@H](O)[C@H](O)CO)O[C@@](O[C@H](CO)[C@@H](O)C2O[C@@](OC3C(O)C(CO)OC(OC4C(CO)OC(C)C(O)C4O)C3O)(C(=O)O)C[C@@H](O)C2NC(C)=O)(C(=O)O)C[C@H]1O. The van der Waals surface area contributed by atoms with Crippen LogP contribution in [0, 0.1) is 0 Å². The lowest BCUT2D eigenvalue weighted by molar-refractivity contribution is -0.383. The molecule has 4 fully saturated rings. The first-order valence-electron chi connectivity index (χ1n) is 19.7. The molecule has 2 amide bonds. The van der Waals surface area contributed by atoms with Gasteiger partial charge in [0.1, 0.15) is 85.5 Å². The fraction of sp³-hybridized carbons (Fsp3) is 0.886. The highest BCUT2D eigenvalue weighted by Gasteiger charge is 2.62. The molecule has 4 rings (SSSR count). The van der Waals surface area contributed by atoms with Crippen LogP contribution in [0.1, 0.15) is 33.6 Å². The number of rotatable bonds is 18. The van der Waals surface area contributed by atoms with E-state index in [1.54, 1.807) is 0 Å². The number of hydrogen-bond donors (Lipinski definition) is 17. The second kappa shape index (κ2) is 21.6. The molecule has 4 saturated heterocycles. The first kappa shape index (κ1) is 52.7. The van der Waals surface area contributed by atoms with Crippen molar-refractivity contribution in [1.29, 1.82) is 0 Å². The van der Waals surface area contributed by atoms with Crippen LogP contribution in [0.4, 0.5) is 0 Å². The van der Waals surface area contributed by atoms with Crippen LogP contribution >= 0.6 is 0 Å². The largest absolute Gasteiger partial charge is 0.477 e. The molecule has 28 nitrogen and oxygen atoms in total. The maximum atomic E-state index is 13.2. The summed E-state index contributed by atoms with van der Waals surface area (Å²) in [4.78, 5) is 50.3. The minimum atomic E-state index is -3.30. The molecule has 4 aliphatic rings. The number of amides is 2. The van der Waals surface area contributed by atoms with E-state index in [4.69, 9.17) is 33.2 Å². The number of aliphatic carboxylic acids is 2. The third-order valence-corrected chi connectivity index (χ3v) is 11.2. The number of carboxylic acids is 2. The van der Waals surface area contributed by atoms with Crippen LogP contribution in [-0.4, -0.2) is 260 Å². The molecule has 28 heteroatoms. The summed E-state index contributed by atoms with van der Waals surface area (Å²) in [5, 5.41) is 164. The van der Waals surface area contributed by atoms with E-state index in [1.807, 2.05) is 0 Å². The molecule has 63 heavy (non-hydrogen) atoms. The minimum absolute atomic E-state index is 0.799. The molecule has 17 N–H and O–H groups in total. The normalized spacial score (nSPS) is 42.9. The topological polar surface area (TPSA) is 460 Å². The highest BCUT2D eigenvalue weighted by molar-refractivity contribution is 5.77. The van der Waals surface area contributed by atoms with E-state index in [2.05, 4.69) is 10.6 Å². The number of carboxylic acid groups (broad SMARTS) is 2. The Hall–Kier alpha value is -2.92. The summed E-state index contributed by atoms with van der Waals surface area (Å²) < 4.78 is 39.1. The van der Waals surface area contributed by atoms with Crippen molar-refractivity contribution in [3.05, 3.63) is 0 Å². The van der Waals surface area contributed by atoms with Gasteiger partial charge in [0, 0.05) is 26.7 Å². The summed E-state index contributed by atoms with van der Waals surface area (Å²) in [7, 11) is 0. The van der Waals surface area contributed by atoms with Crippen LogP contribution in [-0.2, 0) is 52.3 Å². The third kappa shape index (κ3) is 11.2. The van der Waals surface area contributed by atoms with Crippen molar-refractivity contribution in [2.24, 2.45) is 0 Å². The van der Waals surface area contributed by atoms with Crippen LogP contribution in [0.3, 0.4) is 0 Å². The second-order valence-corrected chi connectivity index (χ2v) is 15.8. The molecule has 0 aromatic carbocycles. The number of nitrogens with one attached hydrogen (secondary N) is 2. The molecule has 4 aliphatic heterocycles. The van der Waals surface area contributed by atoms with Crippen molar-refractivity contribution in [2.45, 2.75) is 167 Å². The molecule has 0 spiro atoms. The standard InChI is InChI=1S/C35H58N2O26/c1-10-21(47)25(51)27(18(9-41)57-10)59-31-26(52)30(23(49)16(7-39)58-31)63-35(33(55)56)5-14(45)20(37-12(3)43)29(62-35)24(50)17(8-40)60-34(32(53)54)4-13(44)19(36-11(2)42)28(61-34)22(48)15(46)6-38/h10,13-31,38-41,44-52H,4-9H2,1-3H3,(H,36,42)(H,37,43)(H,53,54)(H,55,56)/t10?,13-,14-,15-,16?,17-,18?,19?,20?,21?,22-,23?,24-,25?,26?,27?,28?,29?,30?,31?,34-,35+/m1/s1. The van der Waals surface area contributed by atoms with Gasteiger partial charge in [0.25, 0.3) is 11.6 Å². The zero-order chi connectivity index (χ0) is 47.5. The van der Waals surface area contributed by atoms with E-state index >= 15 is 0 Å². The van der Waals surface area contributed by atoms with Crippen molar-refractivity contribution in [3.8, 4) is 0 Å². The summed E-state index contributed by atoms with van der Waals surface area (Å²) in [6, 6.07) is -3.54. The molecule has 0 aliphatic carbocycles. The van der Waals surface area contributed by atoms with Gasteiger partial charge in [-0.1, -0.05) is 0 Å². The third-order valence-electron chi connectivity index (χ3n) is 11.2. The van der Waals surface area contributed by atoms with Crippen molar-refractivity contribution < 1.29 is 129 Å². The molecule has 0 aromatic heterocycles. The average Bonchev–Trinajstić information content (AvgIpc) is 3.22. The average molecular weight is 923 g/mol. The van der Waals surface area contributed by atoms with Crippen molar-refractivity contribution >= 4 is 23.8 Å². The smallest absolute Gasteiger partial charge is 0.364 e. The fourth-order valence-electron chi connectivity index (χ4n) is 7.96. The Labute approximate surface area is 357 Å². The highest BCUT2D eigenvalue weighted by Crippen LogP contribution is 2.40. The maximum Gasteiger partial charge on any atom is 0.364 e. The summed E-state index contributed by atoms with van der Waals surface area (Å²) in [6.45, 7) is -1.13. The van der Waals surface area contributed by atoms with Crippen LogP contribution in [0.25, 0.3) is 0 Å². The lowest BCUT2D eigenvalue weighted by Gasteiger charge is -2.51. The predicted octanol–water partition coefficient (Wildman–Crippen LogP) is -9.98. The van der Waals surface area contributed by atoms with Gasteiger partial charge in [-0.3, -0.25) is 9.59 Å². The lowest BCUT2D eigenvalue weighted by Crippen LogP contribution is -2.72. The van der Waals surface area contributed by atoms with Gasteiger partial charge in [0.05, 0.1) is 56.8 Å². The molecular formula is C35H58N2O26. The van der Waals surface area contributed by atoms with Crippen LogP contribution in [0.15, 0.2) is 0 Å². The van der Waals surface area contributed by atoms with Gasteiger partial charge in [-0.15, -0.1) is 0 Å². The lowest BCUT2D eigenvalue weighted by atomic mass is 9.87. The first-order chi connectivity index (χ1) is 29.4. The summed E-state index contributed by atoms with van der Waals surface area (Å²) in [6.07, 6.45) is -38.1. The molecule has 0 aromatic rings. The van der Waals surface area contributed by atoms with Gasteiger partial charge in [0.2, 0.25) is 11.8 Å². The Morgan fingerprint density at radius 2 is 1.17 bits per heavy atom. The predicted molar refractivity (Wildman–Crippen MR) is 195 cm³/mol. The number of ether oxygens (including phenoxy) is 7. The van der Waals surface area contributed by atoms with E-state index in [0.29, 0.717) is 0 Å². The van der Waals surface area contributed by atoms with Gasteiger partial charge in [-0.05, 0) is 6.92 Å². The fourth-order valence-corrected chi connectivity index (χ4v) is 7.96. The molecule has 22 atom stereocenters. The Balaban J connectivity index is 1.72. The number of aliphatic hydroxyl groups excluding tert-OH is 13. The Morgan fingerprint density at radius 3 is 1.65 bits per heavy atom. The zero-order valence-electron chi connectivity index (χ0n) is 34.0. The Morgan fingerprint density at radius 1 is 0.667 bits per heavy atom. The van der Waals surface area contributed by atoms with E-state index in [-0.39, 0.29) is 0 Å². The molecule has 0 saturated carbocycles. The number of carbonyl (C=O) groups excluding carboxylic acids is 2. The number of hydrogen-bond acceptors (Lipinski definition) is 24. The van der Waals surface area contributed by atoms with Gasteiger partial charge in [0.15, 0.2) is 6.29 Å². The summed E-state index contributed by atoms with van der Waals surface area (Å²) in [5.74, 6) is -12.5.